The third-order valence-electron chi connectivity index (χ3n) is 3.83. The quantitative estimate of drug-likeness (QED) is 0.346. The number of esters is 1. The van der Waals surface area contributed by atoms with E-state index in [2.05, 4.69) is 15.5 Å². The molecule has 0 radical (unpaired) electrons. The van der Waals surface area contributed by atoms with Crippen LogP contribution in [-0.2, 0) is 4.74 Å². The number of carbonyl (C=O) groups is 1. The number of methoxy groups -OCH3 is 1. The van der Waals surface area contributed by atoms with Crippen LogP contribution in [0.4, 0.5) is 5.69 Å². The van der Waals surface area contributed by atoms with E-state index in [9.17, 15) is 4.79 Å². The molecule has 0 bridgehead atoms. The number of hydrogen-bond acceptors (Lipinski definition) is 7. The molecular weight excluding hydrogens is 370 g/mol. The predicted octanol–water partition coefficient (Wildman–Crippen LogP) is 4.51. The minimum absolute atomic E-state index is 0.265. The molecular formula is C22H21N3O4. The first-order valence-electron chi connectivity index (χ1n) is 9.03. The number of hydrogen-bond donors (Lipinski definition) is 1. The minimum atomic E-state index is -0.427. The van der Waals surface area contributed by atoms with Gasteiger partial charge in [-0.3, -0.25) is 5.43 Å². The van der Waals surface area contributed by atoms with Gasteiger partial charge in [0.25, 0.3) is 0 Å². The van der Waals surface area contributed by atoms with Crippen LogP contribution in [0, 0.1) is 0 Å². The number of carbonyl (C=O) groups excluding carboxylic acids is 1. The van der Waals surface area contributed by atoms with Gasteiger partial charge in [-0.15, -0.1) is 0 Å². The van der Waals surface area contributed by atoms with Crippen LogP contribution in [0.5, 0.6) is 17.4 Å². The van der Waals surface area contributed by atoms with Crippen molar-refractivity contribution in [2.45, 2.75) is 6.92 Å². The van der Waals surface area contributed by atoms with Gasteiger partial charge in [-0.25, -0.2) is 9.78 Å². The van der Waals surface area contributed by atoms with Crippen LogP contribution in [0.25, 0.3) is 0 Å². The zero-order valence-corrected chi connectivity index (χ0v) is 16.2. The molecule has 0 aliphatic heterocycles. The molecule has 148 valence electrons. The molecule has 0 amide bonds. The first-order chi connectivity index (χ1) is 14.2. The summed E-state index contributed by atoms with van der Waals surface area (Å²) >= 11 is 0. The van der Waals surface area contributed by atoms with E-state index in [1.54, 1.807) is 38.4 Å². The second-order valence-corrected chi connectivity index (χ2v) is 5.85. The number of para-hydroxylation sites is 1. The monoisotopic (exact) mass is 391 g/mol. The summed E-state index contributed by atoms with van der Waals surface area (Å²) < 4.78 is 16.2. The summed E-state index contributed by atoms with van der Waals surface area (Å²) in [5, 5.41) is 4.21. The predicted molar refractivity (Wildman–Crippen MR) is 111 cm³/mol. The van der Waals surface area contributed by atoms with Crippen molar-refractivity contribution in [2.24, 2.45) is 5.10 Å². The van der Waals surface area contributed by atoms with Crippen molar-refractivity contribution >= 4 is 17.9 Å². The Morgan fingerprint density at radius 3 is 2.69 bits per heavy atom. The van der Waals surface area contributed by atoms with Gasteiger partial charge in [0.2, 0.25) is 5.88 Å². The van der Waals surface area contributed by atoms with Gasteiger partial charge >= 0.3 is 5.97 Å². The number of benzene rings is 2. The van der Waals surface area contributed by atoms with Crippen molar-refractivity contribution in [3.05, 3.63) is 78.0 Å². The smallest absolute Gasteiger partial charge is 0.338 e. The van der Waals surface area contributed by atoms with E-state index < -0.39 is 5.97 Å². The Hall–Kier alpha value is -3.87. The second kappa shape index (κ2) is 9.89. The maximum absolute atomic E-state index is 11.9. The third kappa shape index (κ3) is 5.55. The number of anilines is 1. The summed E-state index contributed by atoms with van der Waals surface area (Å²) in [6.07, 6.45) is 3.17. The first-order valence-corrected chi connectivity index (χ1v) is 9.03. The highest BCUT2D eigenvalue weighted by molar-refractivity contribution is 5.89. The Labute approximate surface area is 169 Å². The van der Waals surface area contributed by atoms with E-state index in [1.165, 1.54) is 12.3 Å². The summed E-state index contributed by atoms with van der Waals surface area (Å²) in [5.74, 6) is 0.816. The lowest BCUT2D eigenvalue weighted by molar-refractivity contribution is 0.0526. The van der Waals surface area contributed by atoms with Gasteiger partial charge in [-0.1, -0.05) is 18.2 Å². The lowest BCUT2D eigenvalue weighted by Gasteiger charge is -2.11. The molecule has 7 nitrogen and oxygen atoms in total. The topological polar surface area (TPSA) is 82.0 Å². The van der Waals surface area contributed by atoms with Crippen molar-refractivity contribution in [2.75, 3.05) is 19.1 Å². The number of ether oxygens (including phenoxy) is 3. The fraction of sp³-hybridized carbons (Fsp3) is 0.136. The van der Waals surface area contributed by atoms with E-state index in [0.717, 1.165) is 11.3 Å². The summed E-state index contributed by atoms with van der Waals surface area (Å²) in [4.78, 5) is 16.0. The first kappa shape index (κ1) is 19.9. The minimum Gasteiger partial charge on any atom is -0.493 e. The number of nitrogens with one attached hydrogen (secondary N) is 1. The highest BCUT2D eigenvalue weighted by Crippen LogP contribution is 2.31. The average Bonchev–Trinajstić information content (AvgIpc) is 2.76. The summed E-state index contributed by atoms with van der Waals surface area (Å²) in [6.45, 7) is 2.05. The van der Waals surface area contributed by atoms with Crippen LogP contribution >= 0.6 is 0 Å². The molecule has 0 aliphatic carbocycles. The molecule has 2 aromatic carbocycles. The van der Waals surface area contributed by atoms with Gasteiger partial charge in [0, 0.05) is 12.3 Å². The Morgan fingerprint density at radius 1 is 1.10 bits per heavy atom. The fourth-order valence-electron chi connectivity index (χ4n) is 2.46. The van der Waals surface area contributed by atoms with E-state index in [1.807, 2.05) is 36.4 Å². The number of hydrazone groups is 1. The van der Waals surface area contributed by atoms with Gasteiger partial charge < -0.3 is 14.2 Å². The molecule has 3 aromatic rings. The molecule has 0 unspecified atom stereocenters. The molecule has 0 fully saturated rings. The standard InChI is InChI=1S/C22H21N3O4/c1-3-28-22(26)17-11-12-23-21(14-17)29-19-10-9-16(13-20(19)27-2)15-24-25-18-7-5-4-6-8-18/h4-15,25H,3H2,1-2H3. The molecule has 29 heavy (non-hydrogen) atoms. The van der Waals surface area contributed by atoms with Crippen molar-refractivity contribution in [1.29, 1.82) is 0 Å². The maximum Gasteiger partial charge on any atom is 0.338 e. The third-order valence-corrected chi connectivity index (χ3v) is 3.83. The van der Waals surface area contributed by atoms with Crippen molar-refractivity contribution in [1.82, 2.24) is 4.98 Å². The van der Waals surface area contributed by atoms with Gasteiger partial charge in [0.1, 0.15) is 0 Å². The maximum atomic E-state index is 11.9. The summed E-state index contributed by atoms with van der Waals surface area (Å²) in [7, 11) is 1.55. The van der Waals surface area contributed by atoms with Crippen LogP contribution < -0.4 is 14.9 Å². The SMILES string of the molecule is CCOC(=O)c1ccnc(Oc2ccc(C=NNc3ccccc3)cc2OC)c1. The van der Waals surface area contributed by atoms with Crippen LogP contribution in [-0.4, -0.2) is 30.9 Å². The van der Waals surface area contributed by atoms with E-state index >= 15 is 0 Å². The molecule has 3 rings (SSSR count). The molecule has 0 saturated heterocycles. The second-order valence-electron chi connectivity index (χ2n) is 5.85. The van der Waals surface area contributed by atoms with E-state index in [0.29, 0.717) is 23.7 Å². The molecule has 0 atom stereocenters. The van der Waals surface area contributed by atoms with Crippen molar-refractivity contribution in [3.63, 3.8) is 0 Å². The normalized spacial score (nSPS) is 10.6. The Kier molecular flexibility index (Phi) is 6.78. The highest BCUT2D eigenvalue weighted by atomic mass is 16.5. The highest BCUT2D eigenvalue weighted by Gasteiger charge is 2.11. The summed E-state index contributed by atoms with van der Waals surface area (Å²) in [5.41, 5.74) is 5.04. The molecule has 7 heteroatoms. The molecule has 0 aliphatic rings. The van der Waals surface area contributed by atoms with Crippen LogP contribution in [0.1, 0.15) is 22.8 Å². The lowest BCUT2D eigenvalue weighted by atomic mass is 10.2. The molecule has 1 N–H and O–H groups in total. The number of aromatic nitrogens is 1. The van der Waals surface area contributed by atoms with Crippen LogP contribution in [0.15, 0.2) is 72.0 Å². The molecule has 1 aromatic heterocycles. The van der Waals surface area contributed by atoms with Gasteiger partial charge in [0.15, 0.2) is 11.5 Å². The average molecular weight is 391 g/mol. The summed E-state index contributed by atoms with van der Waals surface area (Å²) in [6, 6.07) is 18.1. The van der Waals surface area contributed by atoms with E-state index in [-0.39, 0.29) is 5.88 Å². The molecule has 0 spiro atoms. The molecule has 1 heterocycles. The zero-order chi connectivity index (χ0) is 20.5. The lowest BCUT2D eigenvalue weighted by Crippen LogP contribution is -2.05. The van der Waals surface area contributed by atoms with Crippen molar-refractivity contribution in [3.8, 4) is 17.4 Å². The van der Waals surface area contributed by atoms with Gasteiger partial charge in [-0.2, -0.15) is 5.10 Å². The number of nitrogens with zero attached hydrogens (tertiary/aromatic N) is 2. The zero-order valence-electron chi connectivity index (χ0n) is 16.2. The van der Waals surface area contributed by atoms with Crippen LogP contribution in [0.3, 0.4) is 0 Å². The Balaban J connectivity index is 1.72. The number of pyridine rings is 1. The molecule has 0 saturated carbocycles. The Bertz CT molecular complexity index is 990. The number of rotatable bonds is 8. The Morgan fingerprint density at radius 2 is 1.93 bits per heavy atom. The largest absolute Gasteiger partial charge is 0.493 e. The van der Waals surface area contributed by atoms with Gasteiger partial charge in [0.05, 0.1) is 31.2 Å². The van der Waals surface area contributed by atoms with Gasteiger partial charge in [-0.05, 0) is 48.9 Å². The van der Waals surface area contributed by atoms with Crippen molar-refractivity contribution < 1.29 is 19.0 Å². The van der Waals surface area contributed by atoms with E-state index in [4.69, 9.17) is 14.2 Å². The van der Waals surface area contributed by atoms with Crippen LogP contribution in [0.2, 0.25) is 0 Å². The fourth-order valence-corrected chi connectivity index (χ4v) is 2.46.